The van der Waals surface area contributed by atoms with Crippen LogP contribution < -0.4 is 0 Å². The van der Waals surface area contributed by atoms with Crippen LogP contribution in [0.2, 0.25) is 0 Å². The molecule has 4 heteroatoms. The van der Waals surface area contributed by atoms with Crippen molar-refractivity contribution in [3.63, 3.8) is 0 Å². The second-order valence-corrected chi connectivity index (χ2v) is 6.92. The van der Waals surface area contributed by atoms with E-state index in [1.54, 1.807) is 19.1 Å². The van der Waals surface area contributed by atoms with Gasteiger partial charge in [-0.25, -0.2) is 8.42 Å². The fraction of sp³-hybridized carbons (Fsp3) is 0.125. The Bertz CT molecular complexity index is 849. The predicted molar refractivity (Wildman–Crippen MR) is 81.5 cm³/mol. The molecule has 0 unspecified atom stereocenters. The van der Waals surface area contributed by atoms with E-state index in [0.717, 1.165) is 16.6 Å². The predicted octanol–water partition coefficient (Wildman–Crippen LogP) is 3.63. The van der Waals surface area contributed by atoms with Gasteiger partial charge in [-0.2, -0.15) is 0 Å². The highest BCUT2D eigenvalue weighted by molar-refractivity contribution is 7.91. The van der Waals surface area contributed by atoms with E-state index in [4.69, 9.17) is 0 Å². The van der Waals surface area contributed by atoms with Gasteiger partial charge < -0.3 is 4.98 Å². The van der Waals surface area contributed by atoms with Crippen LogP contribution in [0.15, 0.2) is 59.5 Å². The Kier molecular flexibility index (Phi) is 3.10. The van der Waals surface area contributed by atoms with E-state index in [9.17, 15) is 8.42 Å². The average molecular weight is 285 g/mol. The Balaban J connectivity index is 2.25. The molecule has 0 amide bonds. The molecule has 1 aromatic heterocycles. The molecule has 102 valence electrons. The van der Waals surface area contributed by atoms with Gasteiger partial charge in [0.05, 0.1) is 16.2 Å². The van der Waals surface area contributed by atoms with Gasteiger partial charge in [0.1, 0.15) is 0 Å². The van der Waals surface area contributed by atoms with Crippen LogP contribution >= 0.6 is 0 Å². The van der Waals surface area contributed by atoms with Crippen LogP contribution in [-0.4, -0.2) is 19.2 Å². The quantitative estimate of drug-likeness (QED) is 0.799. The van der Waals surface area contributed by atoms with Crippen LogP contribution in [0.25, 0.3) is 22.2 Å². The Morgan fingerprint density at radius 1 is 1.00 bits per heavy atom. The maximum atomic E-state index is 12.1. The molecule has 0 aliphatic rings. The minimum Gasteiger partial charge on any atom is -0.353 e. The van der Waals surface area contributed by atoms with Crippen molar-refractivity contribution in [3.8, 4) is 11.3 Å². The van der Waals surface area contributed by atoms with Gasteiger partial charge in [-0.3, -0.25) is 0 Å². The molecule has 0 atom stereocenters. The standard InChI is InChI=1S/C16H15NO2S/c1-2-20(18,19)15-10-6-9-13-11-14(17-16(13)15)12-7-4-3-5-8-12/h3-11,17H,2H2,1H3. The van der Waals surface area contributed by atoms with Crippen molar-refractivity contribution in [3.05, 3.63) is 54.6 Å². The molecule has 0 aliphatic heterocycles. The molecule has 20 heavy (non-hydrogen) atoms. The summed E-state index contributed by atoms with van der Waals surface area (Å²) in [5.74, 6) is 0.103. The number of hydrogen-bond donors (Lipinski definition) is 1. The summed E-state index contributed by atoms with van der Waals surface area (Å²) in [6.07, 6.45) is 0. The molecule has 0 fully saturated rings. The Morgan fingerprint density at radius 3 is 2.45 bits per heavy atom. The highest BCUT2D eigenvalue weighted by Gasteiger charge is 2.16. The summed E-state index contributed by atoms with van der Waals surface area (Å²) in [7, 11) is -3.22. The molecular weight excluding hydrogens is 270 g/mol. The number of nitrogens with one attached hydrogen (secondary N) is 1. The van der Waals surface area contributed by atoms with Gasteiger partial charge in [-0.05, 0) is 17.7 Å². The van der Waals surface area contributed by atoms with E-state index in [1.807, 2.05) is 42.5 Å². The second kappa shape index (κ2) is 4.80. The lowest BCUT2D eigenvalue weighted by molar-refractivity contribution is 0.598. The van der Waals surface area contributed by atoms with Crippen LogP contribution in [0.1, 0.15) is 6.92 Å². The van der Waals surface area contributed by atoms with Crippen LogP contribution in [0.3, 0.4) is 0 Å². The minimum absolute atomic E-state index is 0.103. The van der Waals surface area contributed by atoms with E-state index in [-0.39, 0.29) is 5.75 Å². The summed E-state index contributed by atoms with van der Waals surface area (Å²) in [4.78, 5) is 3.62. The monoisotopic (exact) mass is 285 g/mol. The molecule has 2 aromatic carbocycles. The first-order chi connectivity index (χ1) is 9.62. The maximum absolute atomic E-state index is 12.1. The maximum Gasteiger partial charge on any atom is 0.180 e. The van der Waals surface area contributed by atoms with E-state index >= 15 is 0 Å². The third-order valence-corrected chi connectivity index (χ3v) is 5.19. The molecule has 0 aliphatic carbocycles. The van der Waals surface area contributed by atoms with Crippen LogP contribution in [-0.2, 0) is 9.84 Å². The topological polar surface area (TPSA) is 49.9 Å². The Labute approximate surface area is 118 Å². The minimum atomic E-state index is -3.22. The molecular formula is C16H15NO2S. The lowest BCUT2D eigenvalue weighted by Crippen LogP contribution is -2.04. The molecule has 0 saturated carbocycles. The lowest BCUT2D eigenvalue weighted by atomic mass is 10.1. The second-order valence-electron chi connectivity index (χ2n) is 4.67. The van der Waals surface area contributed by atoms with Crippen molar-refractivity contribution in [1.29, 1.82) is 0 Å². The molecule has 1 heterocycles. The van der Waals surface area contributed by atoms with Gasteiger partial charge in [0.25, 0.3) is 0 Å². The fourth-order valence-corrected chi connectivity index (χ4v) is 3.39. The van der Waals surface area contributed by atoms with E-state index in [0.29, 0.717) is 10.4 Å². The van der Waals surface area contributed by atoms with Gasteiger partial charge in [-0.1, -0.05) is 49.4 Å². The van der Waals surface area contributed by atoms with Crippen LogP contribution in [0.5, 0.6) is 0 Å². The van der Waals surface area contributed by atoms with E-state index in [2.05, 4.69) is 4.98 Å². The van der Waals surface area contributed by atoms with Gasteiger partial charge in [0.2, 0.25) is 0 Å². The number of rotatable bonds is 3. The summed E-state index contributed by atoms with van der Waals surface area (Å²) in [6, 6.07) is 17.2. The molecule has 0 bridgehead atoms. The Morgan fingerprint density at radius 2 is 1.75 bits per heavy atom. The first-order valence-corrected chi connectivity index (χ1v) is 8.17. The number of fused-ring (bicyclic) bond motifs is 1. The summed E-state index contributed by atoms with van der Waals surface area (Å²) in [6.45, 7) is 1.66. The normalized spacial score (nSPS) is 11.8. The van der Waals surface area contributed by atoms with E-state index < -0.39 is 9.84 Å². The Hall–Kier alpha value is -2.07. The van der Waals surface area contributed by atoms with Crippen LogP contribution in [0, 0.1) is 0 Å². The SMILES string of the molecule is CCS(=O)(=O)c1cccc2cc(-c3ccccc3)[nH]c12. The zero-order chi connectivity index (χ0) is 14.2. The lowest BCUT2D eigenvalue weighted by Gasteiger charge is -2.02. The number of H-pyrrole nitrogens is 1. The molecule has 0 saturated heterocycles. The largest absolute Gasteiger partial charge is 0.353 e. The molecule has 1 N–H and O–H groups in total. The third-order valence-electron chi connectivity index (χ3n) is 3.42. The van der Waals surface area contributed by atoms with Gasteiger partial charge in [0, 0.05) is 11.1 Å². The van der Waals surface area contributed by atoms with Crippen molar-refractivity contribution >= 4 is 20.7 Å². The molecule has 3 nitrogen and oxygen atoms in total. The number of para-hydroxylation sites is 1. The molecule has 3 aromatic rings. The summed E-state index contributed by atoms with van der Waals surface area (Å²) >= 11 is 0. The number of benzene rings is 2. The summed E-state index contributed by atoms with van der Waals surface area (Å²) in [5.41, 5.74) is 2.66. The molecule has 0 spiro atoms. The zero-order valence-corrected chi connectivity index (χ0v) is 11.9. The number of sulfone groups is 1. The summed E-state index contributed by atoms with van der Waals surface area (Å²) in [5, 5.41) is 0.915. The highest BCUT2D eigenvalue weighted by atomic mass is 32.2. The van der Waals surface area contributed by atoms with Crippen molar-refractivity contribution in [1.82, 2.24) is 4.98 Å². The van der Waals surface area contributed by atoms with E-state index in [1.165, 1.54) is 0 Å². The number of hydrogen-bond acceptors (Lipinski definition) is 2. The van der Waals surface area contributed by atoms with Crippen molar-refractivity contribution in [2.24, 2.45) is 0 Å². The van der Waals surface area contributed by atoms with Crippen molar-refractivity contribution < 1.29 is 8.42 Å². The van der Waals surface area contributed by atoms with Gasteiger partial charge in [-0.15, -0.1) is 0 Å². The first-order valence-electron chi connectivity index (χ1n) is 6.52. The summed E-state index contributed by atoms with van der Waals surface area (Å²) < 4.78 is 24.3. The fourth-order valence-electron chi connectivity index (χ4n) is 2.32. The van der Waals surface area contributed by atoms with Crippen molar-refractivity contribution in [2.45, 2.75) is 11.8 Å². The van der Waals surface area contributed by atoms with Crippen molar-refractivity contribution in [2.75, 3.05) is 5.75 Å². The molecule has 3 rings (SSSR count). The number of aromatic nitrogens is 1. The first kappa shape index (κ1) is 12.9. The smallest absolute Gasteiger partial charge is 0.180 e. The average Bonchev–Trinajstić information content (AvgIpc) is 2.92. The third kappa shape index (κ3) is 2.12. The van der Waals surface area contributed by atoms with Gasteiger partial charge >= 0.3 is 0 Å². The van der Waals surface area contributed by atoms with Crippen LogP contribution in [0.4, 0.5) is 0 Å². The zero-order valence-electron chi connectivity index (χ0n) is 11.1. The molecule has 0 radical (unpaired) electrons. The highest BCUT2D eigenvalue weighted by Crippen LogP contribution is 2.28. The van der Waals surface area contributed by atoms with Gasteiger partial charge in [0.15, 0.2) is 9.84 Å². The number of aromatic amines is 1.